The first-order valence-corrected chi connectivity index (χ1v) is 10.4. The van der Waals surface area contributed by atoms with Gasteiger partial charge < -0.3 is 24.4 Å². The lowest BCUT2D eigenvalue weighted by atomic mass is 10.3. The van der Waals surface area contributed by atoms with Crippen LogP contribution >= 0.6 is 11.8 Å². The Balaban J connectivity index is 1.24. The van der Waals surface area contributed by atoms with Crippen LogP contribution in [0.4, 0.5) is 11.6 Å². The van der Waals surface area contributed by atoms with Crippen molar-refractivity contribution in [2.24, 2.45) is 0 Å². The number of ether oxygens (including phenoxy) is 3. The molecule has 0 unspecified atom stereocenters. The smallest absolute Gasteiger partial charge is 0.234 e. The van der Waals surface area contributed by atoms with Crippen LogP contribution in [0.3, 0.4) is 0 Å². The maximum atomic E-state index is 12.4. The van der Waals surface area contributed by atoms with Gasteiger partial charge in [0.1, 0.15) is 0 Å². The van der Waals surface area contributed by atoms with Gasteiger partial charge in [0.15, 0.2) is 16.7 Å². The van der Waals surface area contributed by atoms with E-state index in [2.05, 4.69) is 25.0 Å². The summed E-state index contributed by atoms with van der Waals surface area (Å²) < 4.78 is 18.3. The Morgan fingerprint density at radius 2 is 2.00 bits per heavy atom. The zero-order valence-corrected chi connectivity index (χ0v) is 16.1. The highest BCUT2D eigenvalue weighted by molar-refractivity contribution is 7.99. The molecule has 2 aromatic rings. The van der Waals surface area contributed by atoms with Crippen LogP contribution in [0.15, 0.2) is 23.4 Å². The maximum Gasteiger partial charge on any atom is 0.234 e. The van der Waals surface area contributed by atoms with Crippen molar-refractivity contribution in [3.63, 3.8) is 0 Å². The lowest BCUT2D eigenvalue weighted by Crippen LogP contribution is -2.38. The molecule has 5 rings (SSSR count). The highest BCUT2D eigenvalue weighted by Gasteiger charge is 2.32. The van der Waals surface area contributed by atoms with Crippen molar-refractivity contribution in [1.29, 1.82) is 0 Å². The number of nitrogens with one attached hydrogen (secondary N) is 1. The summed E-state index contributed by atoms with van der Waals surface area (Å²) in [5.74, 6) is 2.41. The Kier molecular flexibility index (Phi) is 4.73. The van der Waals surface area contributed by atoms with Gasteiger partial charge in [0.2, 0.25) is 18.6 Å². The number of hydrogen-bond acceptors (Lipinski definition) is 8. The molecule has 0 spiro atoms. The van der Waals surface area contributed by atoms with Crippen molar-refractivity contribution in [3.8, 4) is 11.5 Å². The Labute approximate surface area is 166 Å². The predicted octanol–water partition coefficient (Wildman–Crippen LogP) is 1.91. The van der Waals surface area contributed by atoms with Crippen molar-refractivity contribution >= 4 is 29.3 Å². The van der Waals surface area contributed by atoms with E-state index in [0.29, 0.717) is 36.4 Å². The molecule has 1 saturated heterocycles. The van der Waals surface area contributed by atoms with Gasteiger partial charge in [-0.25, -0.2) is 0 Å². The number of anilines is 2. The fourth-order valence-corrected chi connectivity index (χ4v) is 4.10. The molecule has 28 heavy (non-hydrogen) atoms. The lowest BCUT2D eigenvalue weighted by molar-refractivity contribution is -0.113. The average molecular weight is 403 g/mol. The second-order valence-electron chi connectivity index (χ2n) is 6.89. The third-order valence-electron chi connectivity index (χ3n) is 4.84. The van der Waals surface area contributed by atoms with Gasteiger partial charge in [-0.05, 0) is 25.0 Å². The second-order valence-corrected chi connectivity index (χ2v) is 7.83. The predicted molar refractivity (Wildman–Crippen MR) is 103 cm³/mol. The fraction of sp³-hybridized carbons (Fsp3) is 0.500. The molecule has 2 aliphatic heterocycles. The molecule has 1 saturated carbocycles. The van der Waals surface area contributed by atoms with Crippen LogP contribution in [0, 0.1) is 0 Å². The van der Waals surface area contributed by atoms with E-state index >= 15 is 0 Å². The number of carbonyl (C=O) groups is 1. The van der Waals surface area contributed by atoms with Crippen LogP contribution in [0.5, 0.6) is 11.5 Å². The van der Waals surface area contributed by atoms with E-state index in [1.54, 1.807) is 18.2 Å². The number of morpholine rings is 1. The number of hydrogen-bond donors (Lipinski definition) is 1. The molecule has 1 N–H and O–H groups in total. The van der Waals surface area contributed by atoms with E-state index in [1.807, 2.05) is 0 Å². The third-order valence-corrected chi connectivity index (χ3v) is 5.78. The normalized spacial score (nSPS) is 18.4. The molecule has 0 bridgehead atoms. The monoisotopic (exact) mass is 403 g/mol. The Hall–Kier alpha value is -2.46. The largest absolute Gasteiger partial charge is 0.454 e. The minimum atomic E-state index is -0.0952. The summed E-state index contributed by atoms with van der Waals surface area (Å²) in [7, 11) is 0. The van der Waals surface area contributed by atoms with Crippen molar-refractivity contribution in [3.05, 3.63) is 18.2 Å². The Morgan fingerprint density at radius 1 is 1.18 bits per heavy atom. The Bertz CT molecular complexity index is 879. The van der Waals surface area contributed by atoms with Gasteiger partial charge in [0.25, 0.3) is 0 Å². The number of benzene rings is 1. The SMILES string of the molecule is O=C(CSc1nnc(N2CCOCC2)n1C1CC1)Nc1ccc2c(c1)OCO2. The molecule has 1 aromatic heterocycles. The maximum absolute atomic E-state index is 12.4. The number of aromatic nitrogens is 3. The molecule has 1 aromatic carbocycles. The highest BCUT2D eigenvalue weighted by Crippen LogP contribution is 2.41. The molecule has 2 fully saturated rings. The molecule has 0 atom stereocenters. The standard InChI is InChI=1S/C18H21N5O4S/c24-16(19-12-1-4-14-15(9-12)27-11-26-14)10-28-18-21-20-17(23(18)13-2-3-13)22-5-7-25-8-6-22/h1,4,9,13H,2-3,5-8,10-11H2,(H,19,24). The van der Waals surface area contributed by atoms with Gasteiger partial charge in [-0.1, -0.05) is 11.8 Å². The van der Waals surface area contributed by atoms with Gasteiger partial charge in [0.05, 0.1) is 19.0 Å². The first-order valence-electron chi connectivity index (χ1n) is 9.38. The van der Waals surface area contributed by atoms with Gasteiger partial charge in [-0.3, -0.25) is 9.36 Å². The summed E-state index contributed by atoms with van der Waals surface area (Å²) in [6, 6.07) is 5.81. The molecule has 3 aliphatic rings. The molecule has 1 amide bonds. The number of fused-ring (bicyclic) bond motifs is 1. The molecule has 0 radical (unpaired) electrons. The lowest BCUT2D eigenvalue weighted by Gasteiger charge is -2.27. The minimum Gasteiger partial charge on any atom is -0.454 e. The number of amides is 1. The van der Waals surface area contributed by atoms with E-state index in [4.69, 9.17) is 14.2 Å². The van der Waals surface area contributed by atoms with Gasteiger partial charge >= 0.3 is 0 Å². The molecule has 9 nitrogen and oxygen atoms in total. The van der Waals surface area contributed by atoms with E-state index in [9.17, 15) is 4.79 Å². The first kappa shape index (κ1) is 17.6. The molecule has 148 valence electrons. The van der Waals surface area contributed by atoms with E-state index in [1.165, 1.54) is 11.8 Å². The fourth-order valence-electron chi connectivity index (χ4n) is 3.30. The summed E-state index contributed by atoms with van der Waals surface area (Å²) in [4.78, 5) is 14.6. The first-order chi connectivity index (χ1) is 13.8. The third kappa shape index (κ3) is 3.61. The summed E-state index contributed by atoms with van der Waals surface area (Å²) in [5.41, 5.74) is 0.688. The second kappa shape index (κ2) is 7.51. The number of carbonyl (C=O) groups excluding carboxylic acids is 1. The summed E-state index contributed by atoms with van der Waals surface area (Å²) in [5, 5.41) is 12.5. The van der Waals surface area contributed by atoms with Crippen molar-refractivity contribution in [2.45, 2.75) is 24.0 Å². The van der Waals surface area contributed by atoms with Crippen LogP contribution < -0.4 is 19.7 Å². The van der Waals surface area contributed by atoms with Crippen LogP contribution in [0.25, 0.3) is 0 Å². The van der Waals surface area contributed by atoms with Crippen molar-refractivity contribution in [1.82, 2.24) is 14.8 Å². The zero-order chi connectivity index (χ0) is 18.9. The molecule has 3 heterocycles. The Morgan fingerprint density at radius 3 is 2.82 bits per heavy atom. The van der Waals surface area contributed by atoms with Gasteiger partial charge in [-0.2, -0.15) is 0 Å². The van der Waals surface area contributed by atoms with Gasteiger partial charge in [-0.15, -0.1) is 10.2 Å². The zero-order valence-electron chi connectivity index (χ0n) is 15.3. The van der Waals surface area contributed by atoms with E-state index in [-0.39, 0.29) is 18.5 Å². The molecule has 1 aliphatic carbocycles. The molecule has 10 heteroatoms. The summed E-state index contributed by atoms with van der Waals surface area (Å²) in [6.45, 7) is 3.26. The molecular formula is C18H21N5O4S. The van der Waals surface area contributed by atoms with E-state index < -0.39 is 0 Å². The van der Waals surface area contributed by atoms with Crippen molar-refractivity contribution < 1.29 is 19.0 Å². The van der Waals surface area contributed by atoms with Gasteiger partial charge in [0, 0.05) is 30.9 Å². The average Bonchev–Trinajstić information content (AvgIpc) is 3.29. The highest BCUT2D eigenvalue weighted by atomic mass is 32.2. The number of rotatable bonds is 6. The summed E-state index contributed by atoms with van der Waals surface area (Å²) in [6.07, 6.45) is 2.26. The minimum absolute atomic E-state index is 0.0952. The van der Waals surface area contributed by atoms with Crippen LogP contribution in [0.1, 0.15) is 18.9 Å². The number of nitrogens with zero attached hydrogens (tertiary/aromatic N) is 4. The van der Waals surface area contributed by atoms with E-state index in [0.717, 1.165) is 37.0 Å². The topological polar surface area (TPSA) is 90.7 Å². The van der Waals surface area contributed by atoms with Crippen LogP contribution in [-0.2, 0) is 9.53 Å². The quantitative estimate of drug-likeness (QED) is 0.732. The van der Waals surface area contributed by atoms with Crippen molar-refractivity contribution in [2.75, 3.05) is 49.1 Å². The van der Waals surface area contributed by atoms with Crippen LogP contribution in [0.2, 0.25) is 0 Å². The van der Waals surface area contributed by atoms with Crippen LogP contribution in [-0.4, -0.2) is 59.5 Å². The molecular weight excluding hydrogens is 382 g/mol. The summed E-state index contributed by atoms with van der Waals surface area (Å²) >= 11 is 1.42. The number of thioether (sulfide) groups is 1.